The quantitative estimate of drug-likeness (QED) is 0.837. The van der Waals surface area contributed by atoms with Crippen LogP contribution in [0.5, 0.6) is 5.75 Å². The van der Waals surface area contributed by atoms with E-state index in [-0.39, 0.29) is 24.6 Å². The van der Waals surface area contributed by atoms with Crippen molar-refractivity contribution in [2.75, 3.05) is 16.2 Å². The first-order chi connectivity index (χ1) is 13.1. The summed E-state index contributed by atoms with van der Waals surface area (Å²) in [5, 5.41) is 2.50. The zero-order valence-electron chi connectivity index (χ0n) is 14.3. The number of anilines is 2. The van der Waals surface area contributed by atoms with Gasteiger partial charge in [0.1, 0.15) is 5.75 Å². The Morgan fingerprint density at radius 1 is 1.11 bits per heavy atom. The number of amides is 1. The van der Waals surface area contributed by atoms with E-state index in [0.717, 1.165) is 12.1 Å². The van der Waals surface area contributed by atoms with Gasteiger partial charge in [-0.2, -0.15) is 0 Å². The maximum atomic E-state index is 13.0. The van der Waals surface area contributed by atoms with Gasteiger partial charge in [0.2, 0.25) is 15.9 Å². The van der Waals surface area contributed by atoms with Crippen LogP contribution in [-0.2, 0) is 14.8 Å². The highest BCUT2D eigenvalue weighted by Gasteiger charge is 2.75. The van der Waals surface area contributed by atoms with Gasteiger partial charge in [0.05, 0.1) is 5.69 Å². The van der Waals surface area contributed by atoms with E-state index in [2.05, 4.69) is 10.1 Å². The third-order valence-corrected chi connectivity index (χ3v) is 7.51. The standard InChI is InChI=1S/C18H15F3N2O4S/c19-18(20,21)27-15-8-6-13(7-9-15)22-16(24)17-10-12(17)11-23(28(17,25)26)14-4-2-1-3-5-14/h1-9,12H,10-11H2,(H,22,24). The van der Waals surface area contributed by atoms with Crippen LogP contribution in [0.2, 0.25) is 0 Å². The zero-order chi connectivity index (χ0) is 20.2. The van der Waals surface area contributed by atoms with Crippen LogP contribution in [0.3, 0.4) is 0 Å². The van der Waals surface area contributed by atoms with E-state index in [4.69, 9.17) is 0 Å². The number of nitrogens with zero attached hydrogens (tertiary/aromatic N) is 1. The highest BCUT2D eigenvalue weighted by Crippen LogP contribution is 2.58. The van der Waals surface area contributed by atoms with Gasteiger partial charge in [0, 0.05) is 18.2 Å². The molecular weight excluding hydrogens is 397 g/mol. The van der Waals surface area contributed by atoms with Crippen LogP contribution in [0.4, 0.5) is 24.5 Å². The molecule has 2 atom stereocenters. The minimum absolute atomic E-state index is 0.188. The van der Waals surface area contributed by atoms with Gasteiger partial charge >= 0.3 is 6.36 Å². The summed E-state index contributed by atoms with van der Waals surface area (Å²) in [7, 11) is -3.91. The molecule has 1 aliphatic heterocycles. The Bertz CT molecular complexity index is 1010. The third-order valence-electron chi connectivity index (χ3n) is 4.96. The van der Waals surface area contributed by atoms with Crippen LogP contribution in [0.1, 0.15) is 6.42 Å². The zero-order valence-corrected chi connectivity index (χ0v) is 15.1. The van der Waals surface area contributed by atoms with E-state index in [1.54, 1.807) is 30.3 Å². The van der Waals surface area contributed by atoms with Gasteiger partial charge in [-0.25, -0.2) is 8.42 Å². The van der Waals surface area contributed by atoms with E-state index in [0.29, 0.717) is 5.69 Å². The van der Waals surface area contributed by atoms with Gasteiger partial charge in [-0.3, -0.25) is 9.10 Å². The summed E-state index contributed by atoms with van der Waals surface area (Å²) in [6.07, 6.45) is -4.59. The number of carbonyl (C=O) groups excluding carboxylic acids is 1. The molecule has 1 heterocycles. The summed E-state index contributed by atoms with van der Waals surface area (Å²) < 4.78 is 66.1. The lowest BCUT2D eigenvalue weighted by molar-refractivity contribution is -0.274. The van der Waals surface area contributed by atoms with Gasteiger partial charge < -0.3 is 10.1 Å². The molecular formula is C18H15F3N2O4S. The summed E-state index contributed by atoms with van der Waals surface area (Å²) in [6.45, 7) is 0.220. The number of hydrogen-bond acceptors (Lipinski definition) is 4. The van der Waals surface area contributed by atoms with Gasteiger partial charge in [-0.1, -0.05) is 18.2 Å². The maximum absolute atomic E-state index is 13.0. The summed E-state index contributed by atoms with van der Waals surface area (Å²) in [6, 6.07) is 13.1. The lowest BCUT2D eigenvalue weighted by atomic mass is 10.2. The molecule has 2 fully saturated rings. The van der Waals surface area contributed by atoms with Crippen molar-refractivity contribution in [3.05, 3.63) is 54.6 Å². The fraction of sp³-hybridized carbons (Fsp3) is 0.278. The number of para-hydroxylation sites is 1. The molecule has 28 heavy (non-hydrogen) atoms. The number of sulfonamides is 1. The Labute approximate surface area is 159 Å². The maximum Gasteiger partial charge on any atom is 0.573 e. The molecule has 1 saturated carbocycles. The molecule has 2 unspecified atom stereocenters. The van der Waals surface area contributed by atoms with E-state index in [1.165, 1.54) is 16.4 Å². The summed E-state index contributed by atoms with van der Waals surface area (Å²) in [4.78, 5) is 12.8. The molecule has 6 nitrogen and oxygen atoms in total. The average molecular weight is 412 g/mol. The first-order valence-corrected chi connectivity index (χ1v) is 9.82. The Hall–Kier alpha value is -2.75. The number of fused-ring (bicyclic) bond motifs is 1. The second-order valence-corrected chi connectivity index (χ2v) is 8.81. The molecule has 0 aromatic heterocycles. The molecule has 10 heteroatoms. The molecule has 0 bridgehead atoms. The Morgan fingerprint density at radius 2 is 1.75 bits per heavy atom. The van der Waals surface area contributed by atoms with Gasteiger partial charge in [-0.05, 0) is 42.8 Å². The predicted molar refractivity (Wildman–Crippen MR) is 95.3 cm³/mol. The monoisotopic (exact) mass is 412 g/mol. The fourth-order valence-electron chi connectivity index (χ4n) is 3.54. The third kappa shape index (κ3) is 2.97. The van der Waals surface area contributed by atoms with Gasteiger partial charge in [0.25, 0.3) is 0 Å². The Kier molecular flexibility index (Phi) is 4.07. The van der Waals surface area contributed by atoms with Crippen LogP contribution >= 0.6 is 0 Å². The normalized spacial score (nSPS) is 25.1. The number of hydrogen-bond donors (Lipinski definition) is 1. The van der Waals surface area contributed by atoms with Crippen LogP contribution in [-0.4, -0.2) is 32.0 Å². The number of ether oxygens (including phenoxy) is 1. The van der Waals surface area contributed by atoms with Crippen molar-refractivity contribution in [2.45, 2.75) is 17.5 Å². The highest BCUT2D eigenvalue weighted by atomic mass is 32.2. The first kappa shape index (κ1) is 18.6. The molecule has 0 radical (unpaired) electrons. The summed E-state index contributed by atoms with van der Waals surface area (Å²) in [5.41, 5.74) is 0.684. The predicted octanol–water partition coefficient (Wildman–Crippen LogP) is 3.13. The largest absolute Gasteiger partial charge is 0.573 e. The van der Waals surface area contributed by atoms with Crippen LogP contribution in [0.25, 0.3) is 0 Å². The SMILES string of the molecule is O=C(Nc1ccc(OC(F)(F)F)cc1)C12CC1CN(c1ccccc1)S2(=O)=O. The highest BCUT2D eigenvalue weighted by molar-refractivity contribution is 7.95. The van der Waals surface area contributed by atoms with Crippen LogP contribution in [0.15, 0.2) is 54.6 Å². The molecule has 1 saturated heterocycles. The van der Waals surface area contributed by atoms with Crippen molar-refractivity contribution >= 4 is 27.3 Å². The topological polar surface area (TPSA) is 75.7 Å². The van der Waals surface area contributed by atoms with Crippen LogP contribution in [0, 0.1) is 5.92 Å². The second kappa shape index (κ2) is 6.13. The second-order valence-electron chi connectivity index (χ2n) is 6.69. The minimum atomic E-state index is -4.82. The van der Waals surface area contributed by atoms with Crippen molar-refractivity contribution in [1.29, 1.82) is 0 Å². The molecule has 148 valence electrons. The van der Waals surface area contributed by atoms with Crippen molar-refractivity contribution in [3.8, 4) is 5.75 Å². The van der Waals surface area contributed by atoms with Gasteiger partial charge in [0.15, 0.2) is 4.75 Å². The summed E-state index contributed by atoms with van der Waals surface area (Å²) in [5.74, 6) is -1.44. The number of rotatable bonds is 4. The number of alkyl halides is 3. The molecule has 1 amide bonds. The van der Waals surface area contributed by atoms with Crippen molar-refractivity contribution in [3.63, 3.8) is 0 Å². The molecule has 2 aliphatic rings. The molecule has 2 aromatic carbocycles. The van der Waals surface area contributed by atoms with E-state index in [1.807, 2.05) is 0 Å². The van der Waals surface area contributed by atoms with Crippen molar-refractivity contribution in [1.82, 2.24) is 0 Å². The van der Waals surface area contributed by atoms with Crippen LogP contribution < -0.4 is 14.4 Å². The molecule has 0 spiro atoms. The van der Waals surface area contributed by atoms with E-state index >= 15 is 0 Å². The van der Waals surface area contributed by atoms with E-state index < -0.39 is 32.8 Å². The van der Waals surface area contributed by atoms with Gasteiger partial charge in [-0.15, -0.1) is 13.2 Å². The Balaban J connectivity index is 1.52. The average Bonchev–Trinajstić information content (AvgIpc) is 3.32. The lowest BCUT2D eigenvalue weighted by Crippen LogP contribution is -2.42. The molecule has 2 aromatic rings. The van der Waals surface area contributed by atoms with E-state index in [9.17, 15) is 26.4 Å². The Morgan fingerprint density at radius 3 is 2.36 bits per heavy atom. The number of benzene rings is 2. The smallest absolute Gasteiger partial charge is 0.406 e. The molecule has 1 N–H and O–H groups in total. The van der Waals surface area contributed by atoms with Crippen molar-refractivity contribution in [2.24, 2.45) is 5.92 Å². The molecule has 4 rings (SSSR count). The fourth-order valence-corrected chi connectivity index (χ4v) is 5.90. The first-order valence-electron chi connectivity index (χ1n) is 8.38. The lowest BCUT2D eigenvalue weighted by Gasteiger charge is -2.23. The number of halogens is 3. The van der Waals surface area contributed by atoms with Crippen molar-refractivity contribution < 1.29 is 31.1 Å². The molecule has 1 aliphatic carbocycles. The number of nitrogens with one attached hydrogen (secondary N) is 1. The minimum Gasteiger partial charge on any atom is -0.406 e. The summed E-state index contributed by atoms with van der Waals surface area (Å²) >= 11 is 0. The number of carbonyl (C=O) groups is 1.